The van der Waals surface area contributed by atoms with Gasteiger partial charge in [0.1, 0.15) is 11.5 Å². The minimum atomic E-state index is 0.119. The van der Waals surface area contributed by atoms with Crippen LogP contribution in [-0.4, -0.2) is 22.2 Å². The number of phenols is 1. The number of nitrogens with one attached hydrogen (secondary N) is 1. The lowest BCUT2D eigenvalue weighted by molar-refractivity contribution is 0.408. The van der Waals surface area contributed by atoms with Gasteiger partial charge in [0.2, 0.25) is 0 Å². The van der Waals surface area contributed by atoms with Crippen molar-refractivity contribution in [3.8, 4) is 33.9 Å². The Balaban J connectivity index is 2.22. The normalized spacial score (nSPS) is 10.4. The average molecular weight is 310 g/mol. The number of H-pyrrole nitrogens is 1. The van der Waals surface area contributed by atoms with Crippen LogP contribution in [0.5, 0.6) is 11.5 Å². The van der Waals surface area contributed by atoms with Gasteiger partial charge in [-0.2, -0.15) is 0 Å². The molecule has 3 aromatic rings. The number of rotatable bonds is 3. The summed E-state index contributed by atoms with van der Waals surface area (Å²) in [6, 6.07) is 15.0. The molecule has 22 heavy (non-hydrogen) atoms. The van der Waals surface area contributed by atoms with Gasteiger partial charge in [-0.3, -0.25) is 0 Å². The predicted molar refractivity (Wildman–Crippen MR) is 88.5 cm³/mol. The number of aromatic amines is 1. The van der Waals surface area contributed by atoms with Crippen LogP contribution in [-0.2, 0) is 0 Å². The quantitative estimate of drug-likeness (QED) is 0.712. The molecule has 4 nitrogen and oxygen atoms in total. The molecule has 0 amide bonds. The van der Waals surface area contributed by atoms with Crippen LogP contribution in [0.4, 0.5) is 0 Å². The number of benzene rings is 2. The van der Waals surface area contributed by atoms with Crippen molar-refractivity contribution in [1.29, 1.82) is 0 Å². The molecule has 0 aliphatic heterocycles. The summed E-state index contributed by atoms with van der Waals surface area (Å²) in [7, 11) is 1.56. The Labute approximate surface area is 133 Å². The largest absolute Gasteiger partial charge is 0.507 e. The second-order valence-corrected chi connectivity index (χ2v) is 5.11. The highest BCUT2D eigenvalue weighted by Crippen LogP contribution is 2.36. The van der Waals surface area contributed by atoms with Gasteiger partial charge in [-0.05, 0) is 29.9 Å². The van der Waals surface area contributed by atoms with Gasteiger partial charge in [-0.15, -0.1) is 0 Å². The third kappa shape index (κ3) is 2.71. The van der Waals surface area contributed by atoms with E-state index in [-0.39, 0.29) is 5.75 Å². The lowest BCUT2D eigenvalue weighted by Gasteiger charge is -2.12. The maximum absolute atomic E-state index is 10.3. The topological polar surface area (TPSA) is 58.1 Å². The molecule has 0 aliphatic rings. The Kier molecular flexibility index (Phi) is 3.89. The molecule has 0 atom stereocenters. The zero-order chi connectivity index (χ0) is 15.5. The van der Waals surface area contributed by atoms with Crippen molar-refractivity contribution >= 4 is 12.2 Å². The standard InChI is InChI=1S/C17H14N2O2S/c1-21-12-7-8-13(15(20)9-12)16-14(10-18-17(22)19-16)11-5-3-2-4-6-11/h2-10,20H,1H3,(H,18,19,22). The summed E-state index contributed by atoms with van der Waals surface area (Å²) >= 11 is 5.13. The number of hydrogen-bond acceptors (Lipinski definition) is 4. The Morgan fingerprint density at radius 1 is 1.09 bits per heavy atom. The summed E-state index contributed by atoms with van der Waals surface area (Å²) in [6.07, 6.45) is 1.72. The molecule has 0 bridgehead atoms. The second-order valence-electron chi connectivity index (χ2n) is 4.73. The third-order valence-electron chi connectivity index (χ3n) is 3.37. The van der Waals surface area contributed by atoms with E-state index >= 15 is 0 Å². The summed E-state index contributed by atoms with van der Waals surface area (Å²) < 4.78 is 5.49. The Morgan fingerprint density at radius 3 is 2.55 bits per heavy atom. The molecule has 5 heteroatoms. The van der Waals surface area contributed by atoms with Crippen molar-refractivity contribution in [1.82, 2.24) is 9.97 Å². The van der Waals surface area contributed by atoms with E-state index in [0.29, 0.717) is 16.1 Å². The van der Waals surface area contributed by atoms with Gasteiger partial charge in [0.15, 0.2) is 4.77 Å². The number of ether oxygens (including phenoxy) is 1. The first-order valence-electron chi connectivity index (χ1n) is 6.71. The Bertz CT molecular complexity index is 860. The van der Waals surface area contributed by atoms with Crippen LogP contribution in [0.2, 0.25) is 0 Å². The molecule has 110 valence electrons. The van der Waals surface area contributed by atoms with Crippen LogP contribution >= 0.6 is 12.2 Å². The summed E-state index contributed by atoms with van der Waals surface area (Å²) in [5.74, 6) is 0.712. The van der Waals surface area contributed by atoms with E-state index in [9.17, 15) is 5.11 Å². The lowest BCUT2D eigenvalue weighted by Crippen LogP contribution is -1.93. The van der Waals surface area contributed by atoms with E-state index in [1.54, 1.807) is 31.5 Å². The van der Waals surface area contributed by atoms with Gasteiger partial charge in [-0.25, -0.2) is 4.98 Å². The first-order chi connectivity index (χ1) is 10.7. The summed E-state index contributed by atoms with van der Waals surface area (Å²) in [5.41, 5.74) is 3.24. The van der Waals surface area contributed by atoms with Crippen LogP contribution in [0.3, 0.4) is 0 Å². The molecule has 0 aliphatic carbocycles. The Hall–Kier alpha value is -2.66. The summed E-state index contributed by atoms with van der Waals surface area (Å²) in [5, 5.41) is 10.3. The SMILES string of the molecule is COc1ccc(-c2[nH]c(=S)ncc2-c2ccccc2)c(O)c1. The zero-order valence-electron chi connectivity index (χ0n) is 11.9. The first kappa shape index (κ1) is 14.3. The van der Waals surface area contributed by atoms with E-state index in [2.05, 4.69) is 9.97 Å². The average Bonchev–Trinajstić information content (AvgIpc) is 2.55. The van der Waals surface area contributed by atoms with Gasteiger partial charge >= 0.3 is 0 Å². The van der Waals surface area contributed by atoms with Gasteiger partial charge in [0.25, 0.3) is 0 Å². The van der Waals surface area contributed by atoms with Crippen molar-refractivity contribution in [2.75, 3.05) is 7.11 Å². The summed E-state index contributed by atoms with van der Waals surface area (Å²) in [4.78, 5) is 7.23. The maximum atomic E-state index is 10.3. The van der Waals surface area contributed by atoms with Crippen molar-refractivity contribution < 1.29 is 9.84 Å². The zero-order valence-corrected chi connectivity index (χ0v) is 12.7. The molecular formula is C17H14N2O2S. The summed E-state index contributed by atoms with van der Waals surface area (Å²) in [6.45, 7) is 0. The molecule has 0 saturated heterocycles. The van der Waals surface area contributed by atoms with Crippen molar-refractivity contribution in [2.24, 2.45) is 0 Å². The highest BCUT2D eigenvalue weighted by molar-refractivity contribution is 7.71. The molecule has 2 aromatic carbocycles. The lowest BCUT2D eigenvalue weighted by atomic mass is 10.0. The molecule has 0 unspecified atom stereocenters. The first-order valence-corrected chi connectivity index (χ1v) is 7.12. The highest BCUT2D eigenvalue weighted by Gasteiger charge is 2.13. The van der Waals surface area contributed by atoms with Crippen LogP contribution in [0.25, 0.3) is 22.4 Å². The fraction of sp³-hybridized carbons (Fsp3) is 0.0588. The fourth-order valence-corrected chi connectivity index (χ4v) is 2.45. The van der Waals surface area contributed by atoms with Gasteiger partial charge in [-0.1, -0.05) is 30.3 Å². The maximum Gasteiger partial charge on any atom is 0.197 e. The van der Waals surface area contributed by atoms with Crippen molar-refractivity contribution in [3.05, 3.63) is 59.5 Å². The third-order valence-corrected chi connectivity index (χ3v) is 3.58. The minimum absolute atomic E-state index is 0.119. The van der Waals surface area contributed by atoms with E-state index in [0.717, 1.165) is 16.8 Å². The van der Waals surface area contributed by atoms with Crippen molar-refractivity contribution in [2.45, 2.75) is 0 Å². The van der Waals surface area contributed by atoms with Crippen LogP contribution in [0.1, 0.15) is 0 Å². The molecule has 1 heterocycles. The molecular weight excluding hydrogens is 296 g/mol. The molecule has 2 N–H and O–H groups in total. The number of hydrogen-bond donors (Lipinski definition) is 2. The number of phenolic OH excluding ortho intramolecular Hbond substituents is 1. The number of aromatic hydroxyl groups is 1. The molecule has 1 aromatic heterocycles. The van der Waals surface area contributed by atoms with Crippen LogP contribution < -0.4 is 4.74 Å². The van der Waals surface area contributed by atoms with Crippen LogP contribution in [0, 0.1) is 4.77 Å². The Morgan fingerprint density at radius 2 is 1.86 bits per heavy atom. The van der Waals surface area contributed by atoms with Crippen molar-refractivity contribution in [3.63, 3.8) is 0 Å². The predicted octanol–water partition coefficient (Wildman–Crippen LogP) is 4.19. The monoisotopic (exact) mass is 310 g/mol. The fourth-order valence-electron chi connectivity index (χ4n) is 2.29. The van der Waals surface area contributed by atoms with Gasteiger partial charge in [0, 0.05) is 23.4 Å². The van der Waals surface area contributed by atoms with E-state index in [1.807, 2.05) is 30.3 Å². The molecule has 0 spiro atoms. The second kappa shape index (κ2) is 5.99. The van der Waals surface area contributed by atoms with E-state index < -0.39 is 0 Å². The minimum Gasteiger partial charge on any atom is -0.507 e. The molecule has 0 saturated carbocycles. The van der Waals surface area contributed by atoms with E-state index in [1.165, 1.54) is 0 Å². The number of methoxy groups -OCH3 is 1. The smallest absolute Gasteiger partial charge is 0.197 e. The molecule has 0 fully saturated rings. The highest BCUT2D eigenvalue weighted by atomic mass is 32.1. The van der Waals surface area contributed by atoms with Crippen LogP contribution in [0.15, 0.2) is 54.7 Å². The van der Waals surface area contributed by atoms with Gasteiger partial charge in [0.05, 0.1) is 12.8 Å². The van der Waals surface area contributed by atoms with E-state index in [4.69, 9.17) is 17.0 Å². The van der Waals surface area contributed by atoms with Gasteiger partial charge < -0.3 is 14.8 Å². The number of nitrogens with zero attached hydrogens (tertiary/aromatic N) is 1. The molecule has 3 rings (SSSR count). The molecule has 0 radical (unpaired) electrons. The number of aromatic nitrogens is 2.